The lowest BCUT2D eigenvalue weighted by molar-refractivity contribution is -0.116. The van der Waals surface area contributed by atoms with E-state index >= 15 is 0 Å². The van der Waals surface area contributed by atoms with Crippen molar-refractivity contribution < 1.29 is 14.3 Å². The van der Waals surface area contributed by atoms with Crippen LogP contribution in [0.4, 0.5) is 11.4 Å². The first kappa shape index (κ1) is 17.5. The highest BCUT2D eigenvalue weighted by Crippen LogP contribution is 2.26. The Kier molecular flexibility index (Phi) is 5.58. The van der Waals surface area contributed by atoms with E-state index < -0.39 is 6.04 Å². The van der Waals surface area contributed by atoms with Gasteiger partial charge in [0.25, 0.3) is 0 Å². The number of anilines is 2. The Morgan fingerprint density at radius 3 is 2.33 bits per heavy atom. The zero-order valence-corrected chi connectivity index (χ0v) is 14.3. The Hall–Kier alpha value is -2.82. The lowest BCUT2D eigenvalue weighted by Crippen LogP contribution is -2.32. The summed E-state index contributed by atoms with van der Waals surface area (Å²) in [5.41, 5.74) is 3.11. The Bertz CT molecular complexity index is 739. The van der Waals surface area contributed by atoms with Gasteiger partial charge in [0.15, 0.2) is 5.78 Å². The Labute approximate surface area is 142 Å². The molecule has 1 atom stereocenters. The van der Waals surface area contributed by atoms with Gasteiger partial charge in [0, 0.05) is 11.3 Å². The van der Waals surface area contributed by atoms with Gasteiger partial charge in [0.05, 0.1) is 12.8 Å². The summed E-state index contributed by atoms with van der Waals surface area (Å²) < 4.78 is 5.31. The van der Waals surface area contributed by atoms with E-state index in [1.54, 1.807) is 38.3 Å². The number of ether oxygens (including phenoxy) is 1. The van der Waals surface area contributed by atoms with Gasteiger partial charge in [-0.05, 0) is 62.7 Å². The molecular formula is C19H22N2O3. The number of carbonyl (C=O) groups excluding carboxylic acids is 2. The van der Waals surface area contributed by atoms with E-state index in [2.05, 4.69) is 10.6 Å². The highest BCUT2D eigenvalue weighted by molar-refractivity contribution is 5.98. The fraction of sp³-hybridized carbons (Fsp3) is 0.263. The van der Waals surface area contributed by atoms with E-state index in [-0.39, 0.29) is 11.7 Å². The second-order valence-electron chi connectivity index (χ2n) is 5.69. The van der Waals surface area contributed by atoms with E-state index in [4.69, 9.17) is 4.74 Å². The SMILES string of the molecule is COc1ccc(C)cc1N[C@H](C)C(=O)Nc1ccc(C(C)=O)cc1. The Morgan fingerprint density at radius 2 is 1.75 bits per heavy atom. The van der Waals surface area contributed by atoms with Crippen LogP contribution in [0.2, 0.25) is 0 Å². The number of nitrogens with one attached hydrogen (secondary N) is 2. The van der Waals surface area contributed by atoms with Crippen LogP contribution in [0.5, 0.6) is 5.75 Å². The monoisotopic (exact) mass is 326 g/mol. The molecule has 0 saturated heterocycles. The van der Waals surface area contributed by atoms with Crippen LogP contribution in [0.1, 0.15) is 29.8 Å². The number of hydrogen-bond acceptors (Lipinski definition) is 4. The standard InChI is InChI=1S/C19H22N2O3/c1-12-5-10-18(24-4)17(11-12)20-13(2)19(23)21-16-8-6-15(7-9-16)14(3)22/h5-11,13,20H,1-4H3,(H,21,23)/t13-/m1/s1. The molecule has 0 aromatic heterocycles. The van der Waals surface area contributed by atoms with Gasteiger partial charge in [0.2, 0.25) is 5.91 Å². The third-order valence-corrected chi connectivity index (χ3v) is 3.68. The lowest BCUT2D eigenvalue weighted by atomic mass is 10.1. The van der Waals surface area contributed by atoms with Crippen LogP contribution in [0.3, 0.4) is 0 Å². The maximum atomic E-state index is 12.3. The number of carbonyl (C=O) groups is 2. The summed E-state index contributed by atoms with van der Waals surface area (Å²) in [5.74, 6) is 0.509. The van der Waals surface area contributed by atoms with E-state index in [0.717, 1.165) is 11.3 Å². The molecule has 0 fully saturated rings. The minimum atomic E-state index is -0.451. The number of rotatable bonds is 6. The molecule has 0 aliphatic heterocycles. The van der Waals surface area contributed by atoms with Crippen LogP contribution >= 0.6 is 0 Å². The summed E-state index contributed by atoms with van der Waals surface area (Å²) in [6.07, 6.45) is 0. The zero-order valence-electron chi connectivity index (χ0n) is 14.3. The lowest BCUT2D eigenvalue weighted by Gasteiger charge is -2.18. The largest absolute Gasteiger partial charge is 0.495 e. The predicted octanol–water partition coefficient (Wildman–Crippen LogP) is 3.65. The summed E-state index contributed by atoms with van der Waals surface area (Å²) in [7, 11) is 1.59. The van der Waals surface area contributed by atoms with Crippen molar-refractivity contribution >= 4 is 23.1 Å². The molecule has 5 nitrogen and oxygen atoms in total. The number of hydrogen-bond donors (Lipinski definition) is 2. The van der Waals surface area contributed by atoms with E-state index in [0.29, 0.717) is 17.0 Å². The minimum Gasteiger partial charge on any atom is -0.495 e. The molecular weight excluding hydrogens is 304 g/mol. The molecule has 2 aromatic carbocycles. The molecule has 2 N–H and O–H groups in total. The molecule has 0 unspecified atom stereocenters. The van der Waals surface area contributed by atoms with E-state index in [9.17, 15) is 9.59 Å². The van der Waals surface area contributed by atoms with Crippen LogP contribution in [-0.4, -0.2) is 24.8 Å². The van der Waals surface area contributed by atoms with Crippen molar-refractivity contribution in [2.45, 2.75) is 26.8 Å². The molecule has 24 heavy (non-hydrogen) atoms. The smallest absolute Gasteiger partial charge is 0.246 e. The van der Waals surface area contributed by atoms with Crippen LogP contribution in [0.25, 0.3) is 0 Å². The van der Waals surface area contributed by atoms with Crippen molar-refractivity contribution in [1.82, 2.24) is 0 Å². The average molecular weight is 326 g/mol. The summed E-state index contributed by atoms with van der Waals surface area (Å²) in [5, 5.41) is 5.99. The third kappa shape index (κ3) is 4.35. The van der Waals surface area contributed by atoms with Gasteiger partial charge in [-0.2, -0.15) is 0 Å². The molecule has 1 amide bonds. The quantitative estimate of drug-likeness (QED) is 0.795. The van der Waals surface area contributed by atoms with Gasteiger partial charge in [-0.25, -0.2) is 0 Å². The van der Waals surface area contributed by atoms with Gasteiger partial charge in [-0.1, -0.05) is 6.07 Å². The average Bonchev–Trinajstić information content (AvgIpc) is 2.55. The van der Waals surface area contributed by atoms with Gasteiger partial charge >= 0.3 is 0 Å². The number of aryl methyl sites for hydroxylation is 1. The fourth-order valence-corrected chi connectivity index (χ4v) is 2.27. The third-order valence-electron chi connectivity index (χ3n) is 3.68. The van der Waals surface area contributed by atoms with Gasteiger partial charge in [0.1, 0.15) is 11.8 Å². The molecule has 0 spiro atoms. The maximum Gasteiger partial charge on any atom is 0.246 e. The number of Topliss-reactive ketones (excluding diaryl/α,β-unsaturated/α-hetero) is 1. The molecule has 126 valence electrons. The molecule has 2 rings (SSSR count). The van der Waals surface area contributed by atoms with Gasteiger partial charge < -0.3 is 15.4 Å². The van der Waals surface area contributed by atoms with Crippen molar-refractivity contribution in [2.75, 3.05) is 17.7 Å². The Balaban J connectivity index is 2.04. The first-order valence-electron chi connectivity index (χ1n) is 7.73. The second kappa shape index (κ2) is 7.64. The molecule has 5 heteroatoms. The van der Waals surface area contributed by atoms with Crippen molar-refractivity contribution in [3.63, 3.8) is 0 Å². The summed E-state index contributed by atoms with van der Waals surface area (Å²) in [6, 6.07) is 12.1. The minimum absolute atomic E-state index is 0.00514. The first-order chi connectivity index (χ1) is 11.4. The highest BCUT2D eigenvalue weighted by Gasteiger charge is 2.15. The topological polar surface area (TPSA) is 67.4 Å². The van der Waals surface area contributed by atoms with Crippen LogP contribution in [-0.2, 0) is 4.79 Å². The first-order valence-corrected chi connectivity index (χ1v) is 7.73. The number of benzene rings is 2. The van der Waals surface area contributed by atoms with Crippen LogP contribution in [0, 0.1) is 6.92 Å². The Morgan fingerprint density at radius 1 is 1.08 bits per heavy atom. The van der Waals surface area contributed by atoms with Crippen molar-refractivity contribution in [1.29, 1.82) is 0 Å². The molecule has 0 saturated carbocycles. The predicted molar refractivity (Wildman–Crippen MR) is 95.9 cm³/mol. The molecule has 2 aromatic rings. The molecule has 0 aliphatic carbocycles. The summed E-state index contributed by atoms with van der Waals surface area (Å²) in [6.45, 7) is 5.27. The molecule has 0 aliphatic rings. The van der Waals surface area contributed by atoms with Crippen LogP contribution in [0.15, 0.2) is 42.5 Å². The summed E-state index contributed by atoms with van der Waals surface area (Å²) >= 11 is 0. The van der Waals surface area contributed by atoms with E-state index in [1.165, 1.54) is 6.92 Å². The summed E-state index contributed by atoms with van der Waals surface area (Å²) in [4.78, 5) is 23.6. The van der Waals surface area contributed by atoms with Crippen molar-refractivity contribution in [3.8, 4) is 5.75 Å². The van der Waals surface area contributed by atoms with Gasteiger partial charge in [-0.3, -0.25) is 9.59 Å². The number of methoxy groups -OCH3 is 1. The fourth-order valence-electron chi connectivity index (χ4n) is 2.27. The zero-order chi connectivity index (χ0) is 17.7. The van der Waals surface area contributed by atoms with E-state index in [1.807, 2.05) is 25.1 Å². The number of amides is 1. The molecule has 0 heterocycles. The van der Waals surface area contributed by atoms with Crippen LogP contribution < -0.4 is 15.4 Å². The second-order valence-corrected chi connectivity index (χ2v) is 5.69. The maximum absolute atomic E-state index is 12.3. The van der Waals surface area contributed by atoms with Crippen molar-refractivity contribution in [3.05, 3.63) is 53.6 Å². The molecule has 0 radical (unpaired) electrons. The van der Waals surface area contributed by atoms with Gasteiger partial charge in [-0.15, -0.1) is 0 Å². The normalized spacial score (nSPS) is 11.5. The van der Waals surface area contributed by atoms with Crippen molar-refractivity contribution in [2.24, 2.45) is 0 Å². The highest BCUT2D eigenvalue weighted by atomic mass is 16.5. The molecule has 0 bridgehead atoms. The number of ketones is 1.